The molecule has 1 aliphatic heterocycles. The van der Waals surface area contributed by atoms with Gasteiger partial charge in [-0.3, -0.25) is 4.90 Å². The third-order valence-corrected chi connectivity index (χ3v) is 3.39. The molecule has 1 aliphatic rings. The van der Waals surface area contributed by atoms with Crippen molar-refractivity contribution in [3.8, 4) is 11.8 Å². The van der Waals surface area contributed by atoms with Crippen molar-refractivity contribution in [2.75, 3.05) is 20.2 Å². The SMILES string of the molecule is COc1cnc(OC2CCN(Cc3coc(C)n3)C2)nc1. The average molecular weight is 290 g/mol. The standard InChI is InChI=1S/C14H18N4O3/c1-10-17-11(9-20-10)7-18-4-3-12(8-18)21-14-15-5-13(19-2)6-16-14/h5-6,9,12H,3-4,7-8H2,1-2H3. The maximum Gasteiger partial charge on any atom is 0.316 e. The monoisotopic (exact) mass is 290 g/mol. The lowest BCUT2D eigenvalue weighted by Crippen LogP contribution is -2.25. The molecule has 0 radical (unpaired) electrons. The molecule has 0 N–H and O–H groups in total. The molecular formula is C14H18N4O3. The van der Waals surface area contributed by atoms with Gasteiger partial charge in [0.05, 0.1) is 25.2 Å². The van der Waals surface area contributed by atoms with Crippen LogP contribution in [0.25, 0.3) is 0 Å². The number of aryl methyl sites for hydroxylation is 1. The molecule has 0 saturated carbocycles. The number of nitrogens with zero attached hydrogens (tertiary/aromatic N) is 4. The van der Waals surface area contributed by atoms with Crippen molar-refractivity contribution in [2.24, 2.45) is 0 Å². The molecule has 0 bridgehead atoms. The Morgan fingerprint density at radius 2 is 2.19 bits per heavy atom. The first-order valence-corrected chi connectivity index (χ1v) is 6.89. The predicted octanol–water partition coefficient (Wildman–Crippen LogP) is 1.43. The molecule has 1 saturated heterocycles. The van der Waals surface area contributed by atoms with E-state index in [0.29, 0.717) is 17.7 Å². The Morgan fingerprint density at radius 1 is 1.38 bits per heavy atom. The van der Waals surface area contributed by atoms with E-state index in [1.54, 1.807) is 25.8 Å². The Labute approximate surface area is 122 Å². The summed E-state index contributed by atoms with van der Waals surface area (Å²) in [6.07, 6.45) is 5.97. The normalized spacial score (nSPS) is 18.9. The zero-order valence-electron chi connectivity index (χ0n) is 12.2. The lowest BCUT2D eigenvalue weighted by atomic mass is 10.3. The summed E-state index contributed by atoms with van der Waals surface area (Å²) in [7, 11) is 1.58. The van der Waals surface area contributed by atoms with Gasteiger partial charge in [-0.05, 0) is 6.42 Å². The molecule has 1 unspecified atom stereocenters. The Kier molecular flexibility index (Phi) is 4.01. The highest BCUT2D eigenvalue weighted by Gasteiger charge is 2.25. The zero-order valence-corrected chi connectivity index (χ0v) is 12.2. The van der Waals surface area contributed by atoms with Gasteiger partial charge in [0.2, 0.25) is 0 Å². The number of hydrogen-bond donors (Lipinski definition) is 0. The minimum absolute atomic E-state index is 0.103. The van der Waals surface area contributed by atoms with Gasteiger partial charge in [0.15, 0.2) is 11.6 Å². The fourth-order valence-corrected chi connectivity index (χ4v) is 2.37. The van der Waals surface area contributed by atoms with E-state index < -0.39 is 0 Å². The Hall–Kier alpha value is -2.15. The van der Waals surface area contributed by atoms with E-state index in [9.17, 15) is 0 Å². The average Bonchev–Trinajstić information content (AvgIpc) is 3.09. The van der Waals surface area contributed by atoms with E-state index in [1.165, 1.54) is 0 Å². The van der Waals surface area contributed by atoms with Crippen LogP contribution in [-0.2, 0) is 6.54 Å². The maximum atomic E-state index is 5.78. The van der Waals surface area contributed by atoms with E-state index in [2.05, 4.69) is 19.9 Å². The number of rotatable bonds is 5. The molecule has 0 aliphatic carbocycles. The summed E-state index contributed by atoms with van der Waals surface area (Å²) >= 11 is 0. The first-order chi connectivity index (χ1) is 10.2. The first-order valence-electron chi connectivity index (χ1n) is 6.89. The highest BCUT2D eigenvalue weighted by Crippen LogP contribution is 2.18. The van der Waals surface area contributed by atoms with Crippen molar-refractivity contribution in [1.82, 2.24) is 19.9 Å². The molecule has 7 heteroatoms. The number of hydrogen-bond acceptors (Lipinski definition) is 7. The Bertz CT molecular complexity index is 584. The van der Waals surface area contributed by atoms with Crippen molar-refractivity contribution < 1.29 is 13.9 Å². The van der Waals surface area contributed by atoms with Crippen molar-refractivity contribution >= 4 is 0 Å². The third kappa shape index (κ3) is 3.49. The fraction of sp³-hybridized carbons (Fsp3) is 0.500. The van der Waals surface area contributed by atoms with Crippen molar-refractivity contribution in [3.63, 3.8) is 0 Å². The molecule has 3 heterocycles. The second-order valence-corrected chi connectivity index (χ2v) is 5.03. The second kappa shape index (κ2) is 6.09. The van der Waals surface area contributed by atoms with Crippen LogP contribution in [0.15, 0.2) is 23.1 Å². The number of oxazole rings is 1. The highest BCUT2D eigenvalue weighted by atomic mass is 16.5. The van der Waals surface area contributed by atoms with Crippen LogP contribution in [0, 0.1) is 6.92 Å². The Balaban J connectivity index is 1.52. The van der Waals surface area contributed by atoms with Crippen molar-refractivity contribution in [1.29, 1.82) is 0 Å². The van der Waals surface area contributed by atoms with Gasteiger partial charge in [0.1, 0.15) is 12.4 Å². The van der Waals surface area contributed by atoms with E-state index in [-0.39, 0.29) is 6.10 Å². The van der Waals surface area contributed by atoms with Gasteiger partial charge in [-0.25, -0.2) is 4.98 Å². The van der Waals surface area contributed by atoms with Crippen LogP contribution in [0.1, 0.15) is 18.0 Å². The molecule has 3 rings (SSSR count). The smallest absolute Gasteiger partial charge is 0.316 e. The number of aromatic nitrogens is 3. The third-order valence-electron chi connectivity index (χ3n) is 3.39. The van der Waals surface area contributed by atoms with E-state index in [4.69, 9.17) is 13.9 Å². The minimum atomic E-state index is 0.103. The largest absolute Gasteiger partial charge is 0.494 e. The predicted molar refractivity (Wildman–Crippen MR) is 74.1 cm³/mol. The van der Waals surface area contributed by atoms with Crippen LogP contribution in [-0.4, -0.2) is 46.2 Å². The first kappa shape index (κ1) is 13.8. The summed E-state index contributed by atoms with van der Waals surface area (Å²) in [6, 6.07) is 0.389. The molecular weight excluding hydrogens is 272 g/mol. The maximum absolute atomic E-state index is 5.78. The van der Waals surface area contributed by atoms with Crippen LogP contribution >= 0.6 is 0 Å². The number of methoxy groups -OCH3 is 1. The lowest BCUT2D eigenvalue weighted by Gasteiger charge is -2.14. The van der Waals surface area contributed by atoms with E-state index >= 15 is 0 Å². The molecule has 0 spiro atoms. The van der Waals surface area contributed by atoms with Gasteiger partial charge in [0.25, 0.3) is 0 Å². The molecule has 0 aromatic carbocycles. The lowest BCUT2D eigenvalue weighted by molar-refractivity contribution is 0.182. The summed E-state index contributed by atoms with van der Waals surface area (Å²) in [6.45, 7) is 4.43. The van der Waals surface area contributed by atoms with Crippen molar-refractivity contribution in [3.05, 3.63) is 30.2 Å². The van der Waals surface area contributed by atoms with Crippen LogP contribution in [0.2, 0.25) is 0 Å². The van der Waals surface area contributed by atoms with Gasteiger partial charge in [-0.1, -0.05) is 0 Å². The number of likely N-dealkylation sites (tertiary alicyclic amines) is 1. The molecule has 7 nitrogen and oxygen atoms in total. The topological polar surface area (TPSA) is 73.5 Å². The Morgan fingerprint density at radius 3 is 2.86 bits per heavy atom. The molecule has 1 fully saturated rings. The summed E-state index contributed by atoms with van der Waals surface area (Å²) in [5.74, 6) is 1.32. The van der Waals surface area contributed by atoms with Gasteiger partial charge in [0, 0.05) is 26.6 Å². The minimum Gasteiger partial charge on any atom is -0.494 e. The molecule has 2 aromatic rings. The summed E-state index contributed by atoms with van der Waals surface area (Å²) in [4.78, 5) is 14.8. The molecule has 112 valence electrons. The van der Waals surface area contributed by atoms with Gasteiger partial charge in [-0.15, -0.1) is 0 Å². The number of ether oxygens (including phenoxy) is 2. The van der Waals surface area contributed by atoms with Gasteiger partial charge < -0.3 is 13.9 Å². The summed E-state index contributed by atoms with van der Waals surface area (Å²) in [5, 5.41) is 0. The van der Waals surface area contributed by atoms with Gasteiger partial charge >= 0.3 is 6.01 Å². The molecule has 2 aromatic heterocycles. The van der Waals surface area contributed by atoms with Gasteiger partial charge in [-0.2, -0.15) is 9.97 Å². The summed E-state index contributed by atoms with van der Waals surface area (Å²) < 4.78 is 16.0. The van der Waals surface area contributed by atoms with Crippen LogP contribution in [0.3, 0.4) is 0 Å². The second-order valence-electron chi connectivity index (χ2n) is 5.03. The molecule has 1 atom stereocenters. The van der Waals surface area contributed by atoms with Crippen LogP contribution in [0.4, 0.5) is 0 Å². The van der Waals surface area contributed by atoms with E-state index in [1.807, 2.05) is 6.92 Å². The quantitative estimate of drug-likeness (QED) is 0.824. The van der Waals surface area contributed by atoms with Crippen LogP contribution < -0.4 is 9.47 Å². The highest BCUT2D eigenvalue weighted by molar-refractivity contribution is 5.13. The van der Waals surface area contributed by atoms with E-state index in [0.717, 1.165) is 31.7 Å². The summed E-state index contributed by atoms with van der Waals surface area (Å²) in [5.41, 5.74) is 0.953. The zero-order chi connectivity index (χ0) is 14.7. The molecule has 21 heavy (non-hydrogen) atoms. The fourth-order valence-electron chi connectivity index (χ4n) is 2.37. The molecule has 0 amide bonds. The van der Waals surface area contributed by atoms with Crippen molar-refractivity contribution in [2.45, 2.75) is 26.0 Å². The van der Waals surface area contributed by atoms with Crippen LogP contribution in [0.5, 0.6) is 11.8 Å².